The molecule has 2 heterocycles. The number of hydrogen-bond donors (Lipinski definition) is 0. The van der Waals surface area contributed by atoms with Crippen molar-refractivity contribution < 1.29 is 4.79 Å². The van der Waals surface area contributed by atoms with E-state index in [9.17, 15) is 4.79 Å². The molecule has 1 aliphatic rings. The number of amides is 1. The van der Waals surface area contributed by atoms with E-state index in [-0.39, 0.29) is 5.91 Å². The van der Waals surface area contributed by atoms with Gasteiger partial charge in [0, 0.05) is 39.3 Å². The summed E-state index contributed by atoms with van der Waals surface area (Å²) in [4.78, 5) is 15.4. The molecule has 5 rings (SSSR count). The Kier molecular flexibility index (Phi) is 6.30. The average Bonchev–Trinajstić information content (AvgIpc) is 3.28. The lowest BCUT2D eigenvalue weighted by atomic mass is 10.1. The van der Waals surface area contributed by atoms with Gasteiger partial charge in [0.2, 0.25) is 0 Å². The molecule has 0 N–H and O–H groups in total. The molecule has 1 saturated heterocycles. The summed E-state index contributed by atoms with van der Waals surface area (Å²) in [5.41, 5.74) is 4.06. The number of rotatable bonds is 5. The zero-order chi connectivity index (χ0) is 22.9. The van der Waals surface area contributed by atoms with Crippen LogP contribution in [0.2, 0.25) is 10.0 Å². The van der Waals surface area contributed by atoms with Gasteiger partial charge >= 0.3 is 0 Å². The predicted molar refractivity (Wildman–Crippen MR) is 143 cm³/mol. The van der Waals surface area contributed by atoms with E-state index in [1.165, 1.54) is 11.8 Å². The van der Waals surface area contributed by atoms with Gasteiger partial charge in [0.05, 0.1) is 11.4 Å². The number of thiocarbonyl (C=S) groups is 1. The number of nitrogens with zero attached hydrogens (tertiary/aromatic N) is 2. The fraction of sp³-hybridized carbons (Fsp3) is 0.0769. The van der Waals surface area contributed by atoms with Gasteiger partial charge in [-0.1, -0.05) is 102 Å². The molecule has 1 fully saturated rings. The topological polar surface area (TPSA) is 25.2 Å². The summed E-state index contributed by atoms with van der Waals surface area (Å²) >= 11 is 19.3. The molecule has 3 aromatic carbocycles. The van der Waals surface area contributed by atoms with E-state index in [0.717, 1.165) is 27.6 Å². The number of fused-ring (bicyclic) bond motifs is 1. The molecule has 0 radical (unpaired) electrons. The highest BCUT2D eigenvalue weighted by Crippen LogP contribution is 2.35. The molecule has 7 heteroatoms. The number of hydrogen-bond acceptors (Lipinski definition) is 3. The van der Waals surface area contributed by atoms with Crippen LogP contribution in [0.25, 0.3) is 17.0 Å². The van der Waals surface area contributed by atoms with Crippen LogP contribution in [0.3, 0.4) is 0 Å². The van der Waals surface area contributed by atoms with Crippen molar-refractivity contribution in [3.8, 4) is 0 Å². The van der Waals surface area contributed by atoms with E-state index in [4.69, 9.17) is 35.4 Å². The van der Waals surface area contributed by atoms with Crippen molar-refractivity contribution in [3.63, 3.8) is 0 Å². The number of carbonyl (C=O) groups excluding carboxylic acids is 1. The Morgan fingerprint density at radius 2 is 1.70 bits per heavy atom. The molecule has 0 atom stereocenters. The lowest BCUT2D eigenvalue weighted by molar-refractivity contribution is -0.122. The molecule has 1 aromatic heterocycles. The summed E-state index contributed by atoms with van der Waals surface area (Å²) in [5, 5.41) is 2.30. The molecule has 0 aliphatic carbocycles. The molecule has 0 spiro atoms. The van der Waals surface area contributed by atoms with Crippen LogP contribution in [0.15, 0.2) is 83.9 Å². The van der Waals surface area contributed by atoms with Crippen LogP contribution in [0.4, 0.5) is 0 Å². The predicted octanol–water partition coefficient (Wildman–Crippen LogP) is 7.40. The molecule has 1 aliphatic heterocycles. The number of benzene rings is 3. The van der Waals surface area contributed by atoms with Crippen LogP contribution < -0.4 is 0 Å². The number of para-hydroxylation sites is 1. The first kappa shape index (κ1) is 22.2. The minimum absolute atomic E-state index is 0.0635. The first-order valence-electron chi connectivity index (χ1n) is 10.3. The summed E-state index contributed by atoms with van der Waals surface area (Å²) < 4.78 is 2.72. The minimum Gasteiger partial charge on any atom is -0.342 e. The first-order valence-corrected chi connectivity index (χ1v) is 12.3. The molecule has 0 saturated carbocycles. The van der Waals surface area contributed by atoms with Crippen molar-refractivity contribution in [3.05, 3.63) is 111 Å². The largest absolute Gasteiger partial charge is 0.342 e. The second-order valence-electron chi connectivity index (χ2n) is 7.72. The second kappa shape index (κ2) is 9.35. The Bertz CT molecular complexity index is 1410. The Morgan fingerprint density at radius 3 is 2.48 bits per heavy atom. The molecule has 33 heavy (non-hydrogen) atoms. The Balaban J connectivity index is 1.48. The zero-order valence-corrected chi connectivity index (χ0v) is 20.5. The number of halogens is 2. The molecule has 164 valence electrons. The number of thioether (sulfide) groups is 1. The maximum Gasteiger partial charge on any atom is 0.266 e. The van der Waals surface area contributed by atoms with Crippen molar-refractivity contribution in [2.24, 2.45) is 0 Å². The Hall–Kier alpha value is -2.57. The maximum absolute atomic E-state index is 13.1. The van der Waals surface area contributed by atoms with Crippen LogP contribution in [0.5, 0.6) is 0 Å². The highest BCUT2D eigenvalue weighted by Gasteiger charge is 2.32. The molecule has 4 aromatic rings. The Labute approximate surface area is 211 Å². The van der Waals surface area contributed by atoms with Crippen molar-refractivity contribution in [2.75, 3.05) is 0 Å². The van der Waals surface area contributed by atoms with Gasteiger partial charge in [-0.2, -0.15) is 0 Å². The van der Waals surface area contributed by atoms with E-state index in [1.54, 1.807) is 11.0 Å². The zero-order valence-electron chi connectivity index (χ0n) is 17.4. The lowest BCUT2D eigenvalue weighted by Gasteiger charge is -2.14. The van der Waals surface area contributed by atoms with E-state index >= 15 is 0 Å². The molecule has 0 bridgehead atoms. The van der Waals surface area contributed by atoms with E-state index in [2.05, 4.69) is 22.9 Å². The molecule has 1 amide bonds. The second-order valence-corrected chi connectivity index (χ2v) is 10.2. The Morgan fingerprint density at radius 1 is 0.939 bits per heavy atom. The maximum atomic E-state index is 13.1. The third-order valence-electron chi connectivity index (χ3n) is 5.52. The quantitative estimate of drug-likeness (QED) is 0.207. The van der Waals surface area contributed by atoms with Crippen LogP contribution in [0, 0.1) is 0 Å². The van der Waals surface area contributed by atoms with E-state index in [0.29, 0.717) is 32.4 Å². The smallest absolute Gasteiger partial charge is 0.266 e. The monoisotopic (exact) mass is 508 g/mol. The summed E-state index contributed by atoms with van der Waals surface area (Å²) in [6.45, 7) is 1.07. The van der Waals surface area contributed by atoms with Crippen LogP contribution in [-0.4, -0.2) is 19.7 Å². The minimum atomic E-state index is -0.0635. The van der Waals surface area contributed by atoms with Gasteiger partial charge in [0.15, 0.2) is 0 Å². The molecule has 3 nitrogen and oxygen atoms in total. The van der Waals surface area contributed by atoms with Crippen LogP contribution in [0.1, 0.15) is 16.7 Å². The van der Waals surface area contributed by atoms with Gasteiger partial charge in [-0.25, -0.2) is 0 Å². The third-order valence-corrected chi connectivity index (χ3v) is 7.48. The number of carbonyl (C=O) groups is 1. The summed E-state index contributed by atoms with van der Waals surface area (Å²) in [7, 11) is 0. The van der Waals surface area contributed by atoms with Gasteiger partial charge in [-0.3, -0.25) is 9.69 Å². The van der Waals surface area contributed by atoms with Gasteiger partial charge < -0.3 is 4.57 Å². The van der Waals surface area contributed by atoms with Gasteiger partial charge in [-0.15, -0.1) is 0 Å². The lowest BCUT2D eigenvalue weighted by Crippen LogP contribution is -2.27. The highest BCUT2D eigenvalue weighted by molar-refractivity contribution is 8.26. The summed E-state index contributed by atoms with van der Waals surface area (Å²) in [6.07, 6.45) is 3.99. The van der Waals surface area contributed by atoms with E-state index < -0.39 is 0 Å². The van der Waals surface area contributed by atoms with Crippen LogP contribution in [-0.2, 0) is 17.9 Å². The fourth-order valence-corrected chi connectivity index (χ4v) is 5.61. The number of aromatic nitrogens is 1. The fourth-order valence-electron chi connectivity index (χ4n) is 3.90. The third kappa shape index (κ3) is 4.59. The normalized spacial score (nSPS) is 15.2. The summed E-state index contributed by atoms with van der Waals surface area (Å²) in [5.74, 6) is -0.0635. The van der Waals surface area contributed by atoms with Gasteiger partial charge in [0.1, 0.15) is 4.32 Å². The van der Waals surface area contributed by atoms with Crippen molar-refractivity contribution >= 4 is 74.4 Å². The standard InChI is InChI=1S/C26H18Cl2N2OS2/c27-20-11-10-18(22(28)13-20)15-29-16-19(21-8-4-5-9-23(21)29)12-24-25(31)30(26(32)33-24)14-17-6-2-1-3-7-17/h1-13,16H,14-15H2. The van der Waals surface area contributed by atoms with Crippen molar-refractivity contribution in [1.29, 1.82) is 0 Å². The van der Waals surface area contributed by atoms with Gasteiger partial charge in [-0.05, 0) is 35.4 Å². The van der Waals surface area contributed by atoms with E-state index in [1.807, 2.05) is 60.7 Å². The molecular formula is C26H18Cl2N2OS2. The molecule has 0 unspecified atom stereocenters. The van der Waals surface area contributed by atoms with Crippen molar-refractivity contribution in [1.82, 2.24) is 9.47 Å². The van der Waals surface area contributed by atoms with Crippen molar-refractivity contribution in [2.45, 2.75) is 13.1 Å². The van der Waals surface area contributed by atoms with Gasteiger partial charge in [0.25, 0.3) is 5.91 Å². The SMILES string of the molecule is O=C1C(=Cc2cn(Cc3ccc(Cl)cc3Cl)c3ccccc23)SC(=S)N1Cc1ccccc1. The summed E-state index contributed by atoms with van der Waals surface area (Å²) in [6, 6.07) is 23.5. The molecular weight excluding hydrogens is 491 g/mol. The highest BCUT2D eigenvalue weighted by atomic mass is 35.5. The average molecular weight is 509 g/mol. The first-order chi connectivity index (χ1) is 16.0. The van der Waals surface area contributed by atoms with Crippen LogP contribution >= 0.6 is 47.2 Å².